The molecule has 0 aliphatic heterocycles. The number of nitrogens with zero attached hydrogens (tertiary/aromatic N) is 1. The highest BCUT2D eigenvalue weighted by molar-refractivity contribution is 7.91. The van der Waals surface area contributed by atoms with Gasteiger partial charge in [0.2, 0.25) is 0 Å². The summed E-state index contributed by atoms with van der Waals surface area (Å²) in [6.45, 7) is 1.74. The molecule has 1 aromatic heterocycles. The van der Waals surface area contributed by atoms with Gasteiger partial charge in [-0.25, -0.2) is 8.42 Å². The fourth-order valence-electron chi connectivity index (χ4n) is 1.14. The van der Waals surface area contributed by atoms with E-state index in [2.05, 4.69) is 4.98 Å². The molecule has 6 heteroatoms. The first-order chi connectivity index (χ1) is 6.89. The predicted octanol–water partition coefficient (Wildman–Crippen LogP) is 0.389. The molecule has 5 nitrogen and oxygen atoms in total. The Morgan fingerprint density at radius 2 is 2.13 bits per heavy atom. The highest BCUT2D eigenvalue weighted by Gasteiger charge is 2.17. The summed E-state index contributed by atoms with van der Waals surface area (Å²) in [7, 11) is -3.61. The molecule has 15 heavy (non-hydrogen) atoms. The lowest BCUT2D eigenvalue weighted by molar-refractivity contribution is -0.134. The fourth-order valence-corrected chi connectivity index (χ4v) is 2.23. The van der Waals surface area contributed by atoms with Crippen LogP contribution in [-0.4, -0.2) is 30.2 Å². The van der Waals surface area contributed by atoms with E-state index in [1.54, 1.807) is 25.1 Å². The topological polar surface area (TPSA) is 84.3 Å². The molecule has 0 saturated heterocycles. The second-order valence-corrected chi connectivity index (χ2v) is 5.26. The van der Waals surface area contributed by atoms with Crippen molar-refractivity contribution in [2.24, 2.45) is 0 Å². The SMILES string of the molecule is Cc1cccc(CS(=O)(=O)CC(=O)O)n1. The van der Waals surface area contributed by atoms with E-state index in [9.17, 15) is 13.2 Å². The van der Waals surface area contributed by atoms with Gasteiger partial charge in [-0.3, -0.25) is 9.78 Å². The summed E-state index contributed by atoms with van der Waals surface area (Å²) < 4.78 is 22.6. The second-order valence-electron chi connectivity index (χ2n) is 3.20. The van der Waals surface area contributed by atoms with E-state index in [0.29, 0.717) is 11.4 Å². The van der Waals surface area contributed by atoms with Gasteiger partial charge in [0.25, 0.3) is 0 Å². The minimum atomic E-state index is -3.61. The average molecular weight is 229 g/mol. The zero-order chi connectivity index (χ0) is 11.5. The molecule has 0 unspecified atom stereocenters. The third-order valence-electron chi connectivity index (χ3n) is 1.66. The Labute approximate surface area is 87.7 Å². The van der Waals surface area contributed by atoms with Crippen molar-refractivity contribution < 1.29 is 18.3 Å². The van der Waals surface area contributed by atoms with E-state index >= 15 is 0 Å². The zero-order valence-electron chi connectivity index (χ0n) is 8.17. The van der Waals surface area contributed by atoms with Gasteiger partial charge in [-0.15, -0.1) is 0 Å². The minimum absolute atomic E-state index is 0.332. The Bertz CT molecular complexity index is 467. The first kappa shape index (κ1) is 11.6. The van der Waals surface area contributed by atoms with Gasteiger partial charge < -0.3 is 5.11 Å². The number of hydrogen-bond acceptors (Lipinski definition) is 4. The van der Waals surface area contributed by atoms with Crippen molar-refractivity contribution in [3.05, 3.63) is 29.6 Å². The van der Waals surface area contributed by atoms with Gasteiger partial charge in [0.05, 0.1) is 11.4 Å². The highest BCUT2D eigenvalue weighted by atomic mass is 32.2. The van der Waals surface area contributed by atoms with E-state index in [-0.39, 0.29) is 5.75 Å². The summed E-state index contributed by atoms with van der Waals surface area (Å²) in [4.78, 5) is 14.3. The number of carboxylic acids is 1. The lowest BCUT2D eigenvalue weighted by Crippen LogP contribution is -2.17. The molecule has 0 saturated carbocycles. The summed E-state index contributed by atoms with van der Waals surface area (Å²) >= 11 is 0. The molecule has 1 rings (SSSR count). The van der Waals surface area contributed by atoms with Crippen molar-refractivity contribution in [3.63, 3.8) is 0 Å². The van der Waals surface area contributed by atoms with E-state index < -0.39 is 21.6 Å². The van der Waals surface area contributed by atoms with Gasteiger partial charge in [-0.1, -0.05) is 6.07 Å². The largest absolute Gasteiger partial charge is 0.480 e. The molecule has 82 valence electrons. The lowest BCUT2D eigenvalue weighted by Gasteiger charge is -2.01. The lowest BCUT2D eigenvalue weighted by atomic mass is 10.3. The Kier molecular flexibility index (Phi) is 3.41. The van der Waals surface area contributed by atoms with Crippen LogP contribution in [0.3, 0.4) is 0 Å². The maximum atomic E-state index is 11.3. The van der Waals surface area contributed by atoms with Gasteiger partial charge in [-0.05, 0) is 19.1 Å². The normalized spacial score (nSPS) is 11.3. The molecule has 1 heterocycles. The van der Waals surface area contributed by atoms with E-state index in [1.807, 2.05) is 0 Å². The number of pyridine rings is 1. The summed E-state index contributed by atoms with van der Waals surface area (Å²) in [6.07, 6.45) is 0. The third kappa shape index (κ3) is 4.07. The molecule has 1 aromatic rings. The molecule has 0 fully saturated rings. The molecular weight excluding hydrogens is 218 g/mol. The van der Waals surface area contributed by atoms with Crippen LogP contribution in [0.25, 0.3) is 0 Å². The van der Waals surface area contributed by atoms with Crippen LogP contribution in [0, 0.1) is 6.92 Å². The van der Waals surface area contributed by atoms with Crippen LogP contribution in [0.15, 0.2) is 18.2 Å². The van der Waals surface area contributed by atoms with Gasteiger partial charge >= 0.3 is 5.97 Å². The number of aliphatic carboxylic acids is 1. The van der Waals surface area contributed by atoms with Gasteiger partial charge in [0, 0.05) is 5.69 Å². The number of carbonyl (C=O) groups is 1. The molecule has 0 atom stereocenters. The summed E-state index contributed by atoms with van der Waals surface area (Å²) in [5, 5.41) is 8.38. The number of hydrogen-bond donors (Lipinski definition) is 1. The Balaban J connectivity index is 2.82. The van der Waals surface area contributed by atoms with Crippen LogP contribution in [0.2, 0.25) is 0 Å². The predicted molar refractivity (Wildman–Crippen MR) is 54.1 cm³/mol. The number of carboxylic acid groups (broad SMARTS) is 1. The van der Waals surface area contributed by atoms with E-state index in [1.165, 1.54) is 0 Å². The highest BCUT2D eigenvalue weighted by Crippen LogP contribution is 2.04. The van der Waals surface area contributed by atoms with Gasteiger partial charge in [0.1, 0.15) is 5.75 Å². The number of aromatic nitrogens is 1. The molecule has 0 aliphatic carbocycles. The third-order valence-corrected chi connectivity index (χ3v) is 3.08. The first-order valence-electron chi connectivity index (χ1n) is 4.24. The van der Waals surface area contributed by atoms with Crippen LogP contribution in [0.1, 0.15) is 11.4 Å². The monoisotopic (exact) mass is 229 g/mol. The van der Waals surface area contributed by atoms with Crippen molar-refractivity contribution in [1.29, 1.82) is 0 Å². The van der Waals surface area contributed by atoms with Crippen molar-refractivity contribution >= 4 is 15.8 Å². The molecular formula is C9H11NO4S. The van der Waals surface area contributed by atoms with Crippen LogP contribution < -0.4 is 0 Å². The summed E-state index contributed by atoms with van der Waals surface area (Å²) in [5.41, 5.74) is 1.08. The Morgan fingerprint density at radius 1 is 1.47 bits per heavy atom. The molecule has 0 amide bonds. The number of sulfone groups is 1. The standard InChI is InChI=1S/C9H11NO4S/c1-7-3-2-4-8(10-7)5-15(13,14)6-9(11)12/h2-4H,5-6H2,1H3,(H,11,12). The molecule has 1 N–H and O–H groups in total. The fraction of sp³-hybridized carbons (Fsp3) is 0.333. The maximum absolute atomic E-state index is 11.3. The van der Waals surface area contributed by atoms with Gasteiger partial charge in [-0.2, -0.15) is 0 Å². The van der Waals surface area contributed by atoms with Crippen LogP contribution in [-0.2, 0) is 20.4 Å². The molecule has 0 aliphatic rings. The average Bonchev–Trinajstić information content (AvgIpc) is 1.99. The Hall–Kier alpha value is -1.43. The van der Waals surface area contributed by atoms with Crippen molar-refractivity contribution in [2.45, 2.75) is 12.7 Å². The van der Waals surface area contributed by atoms with Crippen LogP contribution >= 0.6 is 0 Å². The second kappa shape index (κ2) is 4.39. The van der Waals surface area contributed by atoms with E-state index in [4.69, 9.17) is 5.11 Å². The quantitative estimate of drug-likeness (QED) is 0.807. The van der Waals surface area contributed by atoms with Crippen molar-refractivity contribution in [1.82, 2.24) is 4.98 Å². The molecule has 0 radical (unpaired) electrons. The molecule has 0 spiro atoms. The van der Waals surface area contributed by atoms with E-state index in [0.717, 1.165) is 0 Å². The molecule has 0 bridgehead atoms. The number of aryl methyl sites for hydroxylation is 1. The van der Waals surface area contributed by atoms with Crippen LogP contribution in [0.5, 0.6) is 0 Å². The first-order valence-corrected chi connectivity index (χ1v) is 6.06. The minimum Gasteiger partial charge on any atom is -0.480 e. The summed E-state index contributed by atoms with van der Waals surface area (Å²) in [6, 6.07) is 4.99. The smallest absolute Gasteiger partial charge is 0.318 e. The summed E-state index contributed by atoms with van der Waals surface area (Å²) in [5.74, 6) is -2.54. The Morgan fingerprint density at radius 3 is 2.67 bits per heavy atom. The zero-order valence-corrected chi connectivity index (χ0v) is 8.99. The van der Waals surface area contributed by atoms with Gasteiger partial charge in [0.15, 0.2) is 9.84 Å². The van der Waals surface area contributed by atoms with Crippen molar-refractivity contribution in [3.8, 4) is 0 Å². The van der Waals surface area contributed by atoms with Crippen molar-refractivity contribution in [2.75, 3.05) is 5.75 Å². The van der Waals surface area contributed by atoms with Crippen LogP contribution in [0.4, 0.5) is 0 Å². The molecule has 0 aromatic carbocycles. The maximum Gasteiger partial charge on any atom is 0.318 e. The number of rotatable bonds is 4.